The van der Waals surface area contributed by atoms with Crippen molar-refractivity contribution in [1.82, 2.24) is 16.0 Å². The Morgan fingerprint density at radius 3 is 2.79 bits per heavy atom. The topological polar surface area (TPSA) is 84.0 Å². The van der Waals surface area contributed by atoms with Crippen molar-refractivity contribution < 1.29 is 14.3 Å². The van der Waals surface area contributed by atoms with Crippen molar-refractivity contribution in [1.29, 1.82) is 0 Å². The lowest BCUT2D eigenvalue weighted by molar-refractivity contribution is 0.0203. The number of nitrogens with one attached hydrogen (secondary N) is 3. The number of carbonyl (C=O) groups is 1. The molecular weight excluding hydrogens is 483 g/mol. The van der Waals surface area contributed by atoms with Crippen LogP contribution >= 0.6 is 24.0 Å². The molecule has 1 aromatic carbocycles. The maximum Gasteiger partial charge on any atom is 0.251 e. The average Bonchev–Trinajstić information content (AvgIpc) is 2.74. The van der Waals surface area contributed by atoms with Crippen LogP contribution in [0, 0.1) is 5.92 Å². The van der Waals surface area contributed by atoms with Crippen LogP contribution in [-0.2, 0) is 16.0 Å². The summed E-state index contributed by atoms with van der Waals surface area (Å²) in [5.74, 6) is 1.33. The Bertz CT molecular complexity index is 622. The highest BCUT2D eigenvalue weighted by Crippen LogP contribution is 2.14. The molecule has 1 aliphatic rings. The number of halogens is 1. The van der Waals surface area contributed by atoms with E-state index in [1.807, 2.05) is 25.1 Å². The average molecular weight is 518 g/mol. The number of hydrogen-bond acceptors (Lipinski definition) is 4. The van der Waals surface area contributed by atoms with Gasteiger partial charge >= 0.3 is 0 Å². The molecule has 0 aliphatic carbocycles. The zero-order valence-corrected chi connectivity index (χ0v) is 19.9. The zero-order chi connectivity index (χ0) is 20.0. The SMILES string of the molecule is CCNC(=NCc1cccc(C(=O)NC)c1)NCCCOCC1CCOCC1.I. The molecule has 1 aromatic rings. The molecule has 1 heterocycles. The van der Waals surface area contributed by atoms with Crippen LogP contribution in [-0.4, -0.2) is 58.4 Å². The Balaban J connectivity index is 0.00000420. The second-order valence-electron chi connectivity index (χ2n) is 6.89. The molecule has 7 nitrogen and oxygen atoms in total. The van der Waals surface area contributed by atoms with E-state index in [0.29, 0.717) is 18.0 Å². The van der Waals surface area contributed by atoms with Crippen LogP contribution < -0.4 is 16.0 Å². The van der Waals surface area contributed by atoms with Crippen molar-refractivity contribution in [3.63, 3.8) is 0 Å². The van der Waals surface area contributed by atoms with E-state index in [9.17, 15) is 4.79 Å². The van der Waals surface area contributed by atoms with Gasteiger partial charge in [0, 0.05) is 52.1 Å². The molecule has 0 unspecified atom stereocenters. The molecule has 2 rings (SSSR count). The van der Waals surface area contributed by atoms with Crippen LogP contribution in [0.2, 0.25) is 0 Å². The van der Waals surface area contributed by atoms with Gasteiger partial charge in [0.15, 0.2) is 5.96 Å². The molecular formula is C21H35IN4O3. The molecule has 29 heavy (non-hydrogen) atoms. The molecule has 0 radical (unpaired) electrons. The summed E-state index contributed by atoms with van der Waals surface area (Å²) in [6.45, 7) is 7.47. The lowest BCUT2D eigenvalue weighted by Crippen LogP contribution is -2.38. The minimum atomic E-state index is -0.0865. The van der Waals surface area contributed by atoms with Gasteiger partial charge in [-0.25, -0.2) is 4.99 Å². The third-order valence-corrected chi connectivity index (χ3v) is 4.63. The number of carbonyl (C=O) groups excluding carboxylic acids is 1. The second kappa shape index (κ2) is 15.4. The minimum absolute atomic E-state index is 0. The van der Waals surface area contributed by atoms with Crippen LogP contribution in [0.15, 0.2) is 29.3 Å². The van der Waals surface area contributed by atoms with Gasteiger partial charge in [0.25, 0.3) is 5.91 Å². The molecule has 3 N–H and O–H groups in total. The summed E-state index contributed by atoms with van der Waals surface area (Å²) < 4.78 is 11.2. The first-order valence-electron chi connectivity index (χ1n) is 10.2. The van der Waals surface area contributed by atoms with Gasteiger partial charge in [-0.2, -0.15) is 0 Å². The fourth-order valence-corrected chi connectivity index (χ4v) is 3.01. The van der Waals surface area contributed by atoms with E-state index in [-0.39, 0.29) is 29.9 Å². The second-order valence-corrected chi connectivity index (χ2v) is 6.89. The third-order valence-electron chi connectivity index (χ3n) is 4.63. The molecule has 1 saturated heterocycles. The van der Waals surface area contributed by atoms with E-state index in [0.717, 1.165) is 70.3 Å². The lowest BCUT2D eigenvalue weighted by Gasteiger charge is -2.21. The van der Waals surface area contributed by atoms with Crippen LogP contribution in [0.1, 0.15) is 42.1 Å². The van der Waals surface area contributed by atoms with Crippen LogP contribution in [0.5, 0.6) is 0 Å². The monoisotopic (exact) mass is 518 g/mol. The van der Waals surface area contributed by atoms with Gasteiger partial charge in [-0.15, -0.1) is 24.0 Å². The number of hydrogen-bond donors (Lipinski definition) is 3. The van der Waals surface area contributed by atoms with Crippen molar-refractivity contribution in [2.75, 3.05) is 46.6 Å². The summed E-state index contributed by atoms with van der Waals surface area (Å²) in [4.78, 5) is 16.4. The van der Waals surface area contributed by atoms with E-state index in [1.165, 1.54) is 0 Å². The molecule has 0 spiro atoms. The Morgan fingerprint density at radius 2 is 2.07 bits per heavy atom. The molecule has 0 saturated carbocycles. The molecule has 1 amide bonds. The number of benzene rings is 1. The fourth-order valence-electron chi connectivity index (χ4n) is 3.01. The number of nitrogens with zero attached hydrogens (tertiary/aromatic N) is 1. The number of aliphatic imine (C=N–C) groups is 1. The molecule has 1 aliphatic heterocycles. The Morgan fingerprint density at radius 1 is 1.28 bits per heavy atom. The van der Waals surface area contributed by atoms with Crippen molar-refractivity contribution >= 4 is 35.8 Å². The predicted molar refractivity (Wildman–Crippen MR) is 127 cm³/mol. The summed E-state index contributed by atoms with van der Waals surface area (Å²) >= 11 is 0. The lowest BCUT2D eigenvalue weighted by atomic mass is 10.0. The van der Waals surface area contributed by atoms with Crippen molar-refractivity contribution in [3.8, 4) is 0 Å². The first kappa shape index (κ1) is 25.6. The highest BCUT2D eigenvalue weighted by atomic mass is 127. The maximum absolute atomic E-state index is 11.7. The third kappa shape index (κ3) is 10.3. The van der Waals surface area contributed by atoms with Gasteiger partial charge in [-0.1, -0.05) is 12.1 Å². The Kier molecular flexibility index (Phi) is 13.7. The van der Waals surface area contributed by atoms with E-state index >= 15 is 0 Å². The number of amides is 1. The van der Waals surface area contributed by atoms with Gasteiger partial charge in [0.2, 0.25) is 0 Å². The number of ether oxygens (including phenoxy) is 2. The smallest absolute Gasteiger partial charge is 0.251 e. The van der Waals surface area contributed by atoms with Crippen molar-refractivity contribution in [3.05, 3.63) is 35.4 Å². The van der Waals surface area contributed by atoms with Gasteiger partial charge < -0.3 is 25.4 Å². The van der Waals surface area contributed by atoms with Crippen molar-refractivity contribution in [2.45, 2.75) is 32.7 Å². The van der Waals surface area contributed by atoms with E-state index in [4.69, 9.17) is 9.47 Å². The first-order chi connectivity index (χ1) is 13.7. The molecule has 0 aromatic heterocycles. The van der Waals surface area contributed by atoms with E-state index in [1.54, 1.807) is 13.1 Å². The van der Waals surface area contributed by atoms with Crippen LogP contribution in [0.3, 0.4) is 0 Å². The summed E-state index contributed by atoms with van der Waals surface area (Å²) in [6, 6.07) is 7.53. The van der Waals surface area contributed by atoms with E-state index in [2.05, 4.69) is 20.9 Å². The standard InChI is InChI=1S/C21H34N4O3.HI/c1-3-23-21(24-10-5-11-28-16-17-8-12-27-13-9-17)25-15-18-6-4-7-19(14-18)20(26)22-2;/h4,6-7,14,17H,3,5,8-13,15-16H2,1-2H3,(H,22,26)(H2,23,24,25);1H. The maximum atomic E-state index is 11.7. The number of rotatable bonds is 10. The van der Waals surface area contributed by atoms with Crippen molar-refractivity contribution in [2.24, 2.45) is 10.9 Å². The quantitative estimate of drug-likeness (QED) is 0.192. The summed E-state index contributed by atoms with van der Waals surface area (Å²) in [5.41, 5.74) is 1.65. The van der Waals surface area contributed by atoms with Gasteiger partial charge in [0.1, 0.15) is 0 Å². The number of guanidine groups is 1. The van der Waals surface area contributed by atoms with Gasteiger partial charge in [-0.3, -0.25) is 4.79 Å². The highest BCUT2D eigenvalue weighted by Gasteiger charge is 2.13. The highest BCUT2D eigenvalue weighted by molar-refractivity contribution is 14.0. The molecule has 8 heteroatoms. The Labute approximate surface area is 191 Å². The van der Waals surface area contributed by atoms with Gasteiger partial charge in [-0.05, 0) is 49.8 Å². The van der Waals surface area contributed by atoms with Crippen LogP contribution in [0.25, 0.3) is 0 Å². The zero-order valence-electron chi connectivity index (χ0n) is 17.5. The molecule has 0 atom stereocenters. The molecule has 164 valence electrons. The first-order valence-corrected chi connectivity index (χ1v) is 10.2. The largest absolute Gasteiger partial charge is 0.381 e. The Hall–Kier alpha value is -1.39. The van der Waals surface area contributed by atoms with E-state index < -0.39 is 0 Å². The fraction of sp³-hybridized carbons (Fsp3) is 0.619. The summed E-state index contributed by atoms with van der Waals surface area (Å²) in [6.07, 6.45) is 3.15. The molecule has 0 bridgehead atoms. The summed E-state index contributed by atoms with van der Waals surface area (Å²) in [5, 5.41) is 9.23. The summed E-state index contributed by atoms with van der Waals surface area (Å²) in [7, 11) is 1.63. The normalized spacial score (nSPS) is 14.8. The van der Waals surface area contributed by atoms with Gasteiger partial charge in [0.05, 0.1) is 6.54 Å². The van der Waals surface area contributed by atoms with Crippen LogP contribution in [0.4, 0.5) is 0 Å². The minimum Gasteiger partial charge on any atom is -0.381 e. The molecule has 1 fully saturated rings. The predicted octanol–water partition coefficient (Wildman–Crippen LogP) is 2.55.